The van der Waals surface area contributed by atoms with Crippen molar-refractivity contribution in [3.8, 4) is 5.75 Å². The highest BCUT2D eigenvalue weighted by Gasteiger charge is 2.18. The van der Waals surface area contributed by atoms with Gasteiger partial charge in [-0.25, -0.2) is 0 Å². The maximum Gasteiger partial charge on any atom is 0.244 e. The Labute approximate surface area is 202 Å². The number of carbonyl (C=O) groups excluding carboxylic acids is 2. The van der Waals surface area contributed by atoms with Gasteiger partial charge in [-0.05, 0) is 56.1 Å². The number of nitrogens with zero attached hydrogens (tertiary/aromatic N) is 1. The van der Waals surface area contributed by atoms with Crippen LogP contribution in [0.5, 0.6) is 5.75 Å². The number of likely N-dealkylation sites (N-methyl/N-ethyl adjacent to an activating group) is 1. The van der Waals surface area contributed by atoms with Gasteiger partial charge in [0.15, 0.2) is 0 Å². The van der Waals surface area contributed by atoms with Gasteiger partial charge in [-0.3, -0.25) is 14.5 Å². The smallest absolute Gasteiger partial charge is 0.244 e. The number of ether oxygens (including phenoxy) is 2. The second kappa shape index (κ2) is 13.5. The van der Waals surface area contributed by atoms with Crippen molar-refractivity contribution in [1.29, 1.82) is 0 Å². The molecule has 2 amide bonds. The summed E-state index contributed by atoms with van der Waals surface area (Å²) < 4.78 is 11.4. The summed E-state index contributed by atoms with van der Waals surface area (Å²) in [7, 11) is 2.13. The van der Waals surface area contributed by atoms with Crippen molar-refractivity contribution < 1.29 is 19.1 Å². The molecule has 0 saturated carbocycles. The largest absolute Gasteiger partial charge is 0.492 e. The van der Waals surface area contributed by atoms with Gasteiger partial charge in [0.25, 0.3) is 0 Å². The third kappa shape index (κ3) is 8.65. The molecule has 2 aromatic rings. The van der Waals surface area contributed by atoms with Gasteiger partial charge in [-0.1, -0.05) is 42.5 Å². The van der Waals surface area contributed by atoms with Gasteiger partial charge in [0.2, 0.25) is 11.8 Å². The molecular formula is C27H35N3O4. The van der Waals surface area contributed by atoms with E-state index in [-0.39, 0.29) is 11.8 Å². The molecule has 1 aliphatic rings. The predicted molar refractivity (Wildman–Crippen MR) is 133 cm³/mol. The van der Waals surface area contributed by atoms with E-state index in [1.807, 2.05) is 54.6 Å². The van der Waals surface area contributed by atoms with Gasteiger partial charge in [-0.15, -0.1) is 0 Å². The number of hydrogen-bond donors (Lipinski definition) is 2. The molecule has 0 aromatic heterocycles. The molecule has 0 radical (unpaired) electrons. The van der Waals surface area contributed by atoms with E-state index in [0.29, 0.717) is 19.2 Å². The highest BCUT2D eigenvalue weighted by atomic mass is 16.5. The topological polar surface area (TPSA) is 79.9 Å². The highest BCUT2D eigenvalue weighted by molar-refractivity contribution is 5.95. The lowest BCUT2D eigenvalue weighted by Crippen LogP contribution is -2.44. The predicted octanol–water partition coefficient (Wildman–Crippen LogP) is 3.01. The molecule has 1 saturated heterocycles. The first-order valence-electron chi connectivity index (χ1n) is 11.8. The molecule has 3 rings (SSSR count). The van der Waals surface area contributed by atoms with Gasteiger partial charge in [0.1, 0.15) is 18.4 Å². The summed E-state index contributed by atoms with van der Waals surface area (Å²) in [5, 5.41) is 5.56. The number of nitrogens with one attached hydrogen (secondary N) is 2. The Hall–Kier alpha value is -3.16. The molecule has 2 aromatic carbocycles. The van der Waals surface area contributed by atoms with E-state index in [1.54, 1.807) is 13.0 Å². The van der Waals surface area contributed by atoms with E-state index in [1.165, 1.54) is 6.08 Å². The molecule has 0 bridgehead atoms. The lowest BCUT2D eigenvalue weighted by molar-refractivity contribution is -0.126. The van der Waals surface area contributed by atoms with E-state index >= 15 is 0 Å². The highest BCUT2D eigenvalue weighted by Crippen LogP contribution is 2.15. The summed E-state index contributed by atoms with van der Waals surface area (Å²) in [4.78, 5) is 26.8. The quantitative estimate of drug-likeness (QED) is 0.499. The van der Waals surface area contributed by atoms with Crippen LogP contribution < -0.4 is 15.4 Å². The Bertz CT molecular complexity index is 942. The normalized spacial score (nSPS) is 15.3. The van der Waals surface area contributed by atoms with Gasteiger partial charge in [-0.2, -0.15) is 0 Å². The molecule has 1 atom stereocenters. The van der Waals surface area contributed by atoms with Crippen LogP contribution in [-0.4, -0.2) is 62.2 Å². The molecule has 1 fully saturated rings. The lowest BCUT2D eigenvalue weighted by atomic mass is 10.1. The van der Waals surface area contributed by atoms with E-state index < -0.39 is 6.04 Å². The van der Waals surface area contributed by atoms with Crippen LogP contribution in [0, 0.1) is 0 Å². The summed E-state index contributed by atoms with van der Waals surface area (Å²) in [6, 6.07) is 17.1. The second-order valence-corrected chi connectivity index (χ2v) is 8.51. The van der Waals surface area contributed by atoms with Crippen molar-refractivity contribution >= 4 is 17.9 Å². The molecule has 0 aliphatic carbocycles. The maximum atomic E-state index is 12.4. The average Bonchev–Trinajstić information content (AvgIpc) is 2.87. The van der Waals surface area contributed by atoms with Crippen molar-refractivity contribution in [3.63, 3.8) is 0 Å². The Balaban J connectivity index is 1.38. The van der Waals surface area contributed by atoms with E-state index in [9.17, 15) is 9.59 Å². The molecule has 182 valence electrons. The van der Waals surface area contributed by atoms with Gasteiger partial charge in [0, 0.05) is 38.4 Å². The van der Waals surface area contributed by atoms with Crippen molar-refractivity contribution in [1.82, 2.24) is 15.5 Å². The summed E-state index contributed by atoms with van der Waals surface area (Å²) in [6.45, 7) is 5.13. The number of carbonyl (C=O) groups is 2. The molecule has 1 aliphatic heterocycles. The molecule has 2 N–H and O–H groups in total. The van der Waals surface area contributed by atoms with Crippen molar-refractivity contribution in [2.75, 3.05) is 33.4 Å². The SMILES string of the molecule is CC(NC(=O)/C=C/c1ccccc1)C(=O)NCc1cccc(OCCN(C)C2CCOCC2)c1. The fourth-order valence-corrected chi connectivity index (χ4v) is 3.77. The molecule has 7 heteroatoms. The van der Waals surface area contributed by atoms with Crippen molar-refractivity contribution in [3.05, 3.63) is 71.8 Å². The van der Waals surface area contributed by atoms with E-state index in [4.69, 9.17) is 9.47 Å². The van der Waals surface area contributed by atoms with E-state index in [2.05, 4.69) is 22.6 Å². The number of rotatable bonds is 11. The van der Waals surface area contributed by atoms with E-state index in [0.717, 1.165) is 49.5 Å². The van der Waals surface area contributed by atoms with Crippen LogP contribution in [0.25, 0.3) is 6.08 Å². The standard InChI is InChI=1S/C27H35N3O4/c1-21(29-26(31)12-11-22-7-4-3-5-8-22)27(32)28-20-23-9-6-10-25(19-23)34-18-15-30(2)24-13-16-33-17-14-24/h3-12,19,21,24H,13-18,20H2,1-2H3,(H,28,32)(H,29,31)/b12-11+. The van der Waals surface area contributed by atoms with Crippen LogP contribution in [0.15, 0.2) is 60.7 Å². The Morgan fingerprint density at radius 2 is 1.91 bits per heavy atom. The minimum absolute atomic E-state index is 0.245. The average molecular weight is 466 g/mol. The van der Waals surface area contributed by atoms with Crippen molar-refractivity contribution in [2.24, 2.45) is 0 Å². The number of hydrogen-bond acceptors (Lipinski definition) is 5. The molecular weight excluding hydrogens is 430 g/mol. The zero-order chi connectivity index (χ0) is 24.2. The fourth-order valence-electron chi connectivity index (χ4n) is 3.77. The third-order valence-electron chi connectivity index (χ3n) is 5.87. The summed E-state index contributed by atoms with van der Waals surface area (Å²) in [5.41, 5.74) is 1.86. The first-order chi connectivity index (χ1) is 16.5. The zero-order valence-electron chi connectivity index (χ0n) is 20.0. The first-order valence-corrected chi connectivity index (χ1v) is 11.8. The minimum Gasteiger partial charge on any atom is -0.492 e. The molecule has 34 heavy (non-hydrogen) atoms. The van der Waals surface area contributed by atoms with Crippen LogP contribution in [0.4, 0.5) is 0 Å². The molecule has 1 unspecified atom stereocenters. The monoisotopic (exact) mass is 465 g/mol. The molecule has 1 heterocycles. The minimum atomic E-state index is -0.645. The van der Waals surface area contributed by atoms with Crippen LogP contribution >= 0.6 is 0 Å². The Morgan fingerprint density at radius 3 is 2.68 bits per heavy atom. The van der Waals surface area contributed by atoms with Gasteiger partial charge in [0.05, 0.1) is 0 Å². The van der Waals surface area contributed by atoms with Crippen LogP contribution in [0.2, 0.25) is 0 Å². The van der Waals surface area contributed by atoms with Crippen LogP contribution in [0.1, 0.15) is 30.9 Å². The second-order valence-electron chi connectivity index (χ2n) is 8.51. The number of amides is 2. The number of benzene rings is 2. The Morgan fingerprint density at radius 1 is 1.15 bits per heavy atom. The zero-order valence-corrected chi connectivity index (χ0v) is 20.0. The lowest BCUT2D eigenvalue weighted by Gasteiger charge is -2.31. The van der Waals surface area contributed by atoms with Crippen LogP contribution in [-0.2, 0) is 20.9 Å². The summed E-state index contributed by atoms with van der Waals surface area (Å²) in [5.74, 6) is 0.220. The fraction of sp³-hybridized carbons (Fsp3) is 0.407. The Kier molecular flexibility index (Phi) is 10.1. The van der Waals surface area contributed by atoms with Gasteiger partial charge >= 0.3 is 0 Å². The first kappa shape index (κ1) is 25.5. The molecule has 0 spiro atoms. The van der Waals surface area contributed by atoms with Crippen LogP contribution in [0.3, 0.4) is 0 Å². The summed E-state index contributed by atoms with van der Waals surface area (Å²) in [6.07, 6.45) is 5.27. The molecule has 7 nitrogen and oxygen atoms in total. The third-order valence-corrected chi connectivity index (χ3v) is 5.87. The maximum absolute atomic E-state index is 12.4. The van der Waals surface area contributed by atoms with Gasteiger partial charge < -0.3 is 20.1 Å². The van der Waals surface area contributed by atoms with Crippen molar-refractivity contribution in [2.45, 2.75) is 38.4 Å². The summed E-state index contributed by atoms with van der Waals surface area (Å²) >= 11 is 0.